The number of hydrogen-bond acceptors (Lipinski definition) is 5. The maximum atomic E-state index is 13.6. The Morgan fingerprint density at radius 1 is 1.10 bits per heavy atom. The first kappa shape index (κ1) is 19.5. The number of fused-ring (bicyclic) bond motifs is 5. The Labute approximate surface area is 183 Å². The minimum absolute atomic E-state index is 0.115. The molecule has 2 aromatic rings. The van der Waals surface area contributed by atoms with Crippen molar-refractivity contribution in [3.8, 4) is 0 Å². The number of carbonyl (C=O) groups is 3. The molecule has 30 heavy (non-hydrogen) atoms. The molecule has 1 aromatic carbocycles. The lowest BCUT2D eigenvalue weighted by Gasteiger charge is -2.38. The number of likely N-dealkylation sites (tertiary alicyclic amines) is 1. The van der Waals surface area contributed by atoms with E-state index in [1.54, 1.807) is 12.1 Å². The van der Waals surface area contributed by atoms with E-state index in [1.807, 2.05) is 61.4 Å². The van der Waals surface area contributed by atoms with E-state index in [0.717, 1.165) is 11.3 Å². The SMILES string of the molecule is CC(C)(C)N1C(=O)[C@@H]2[C@H](C1=O)[C@H](C(=O)c1cccs1)N1c3ccc(Cl)cc3C=C[C@H]21. The van der Waals surface area contributed by atoms with Crippen molar-refractivity contribution in [2.24, 2.45) is 11.8 Å². The Bertz CT molecular complexity index is 1100. The molecule has 7 heteroatoms. The molecule has 154 valence electrons. The molecule has 0 saturated carbocycles. The van der Waals surface area contributed by atoms with Crippen molar-refractivity contribution in [2.75, 3.05) is 4.90 Å². The van der Waals surface area contributed by atoms with Crippen LogP contribution in [0.3, 0.4) is 0 Å². The van der Waals surface area contributed by atoms with Gasteiger partial charge in [-0.2, -0.15) is 0 Å². The highest BCUT2D eigenvalue weighted by Crippen LogP contribution is 2.50. The summed E-state index contributed by atoms with van der Waals surface area (Å²) in [5.41, 5.74) is 1.08. The standard InChI is InChI=1S/C23H21ClN2O3S/c1-23(2,3)26-21(28)17-15-8-6-12-11-13(24)7-9-14(12)25(15)19(18(17)22(26)29)20(27)16-5-4-10-30-16/h4-11,15,17-19H,1-3H3/t15-,17+,18+,19-/m1/s1. The smallest absolute Gasteiger partial charge is 0.236 e. The number of hydrogen-bond donors (Lipinski definition) is 0. The van der Waals surface area contributed by atoms with Crippen molar-refractivity contribution >= 4 is 52.3 Å². The molecule has 2 amide bonds. The molecule has 2 fully saturated rings. The molecule has 5 rings (SSSR count). The summed E-state index contributed by atoms with van der Waals surface area (Å²) in [7, 11) is 0. The van der Waals surface area contributed by atoms with Crippen LogP contribution in [0.2, 0.25) is 5.02 Å². The van der Waals surface area contributed by atoms with Crippen LogP contribution in [-0.4, -0.2) is 40.1 Å². The van der Waals surface area contributed by atoms with Crippen LogP contribution in [0.1, 0.15) is 36.0 Å². The van der Waals surface area contributed by atoms with Crippen LogP contribution in [0, 0.1) is 11.8 Å². The van der Waals surface area contributed by atoms with Gasteiger partial charge in [-0.1, -0.05) is 29.8 Å². The zero-order valence-corrected chi connectivity index (χ0v) is 18.4. The third kappa shape index (κ3) is 2.63. The van der Waals surface area contributed by atoms with Gasteiger partial charge in [0, 0.05) is 16.2 Å². The minimum atomic E-state index is -0.729. The van der Waals surface area contributed by atoms with Gasteiger partial charge in [0.1, 0.15) is 6.04 Å². The van der Waals surface area contributed by atoms with Gasteiger partial charge >= 0.3 is 0 Å². The molecule has 2 saturated heterocycles. The normalized spacial score (nSPS) is 27.3. The van der Waals surface area contributed by atoms with E-state index in [2.05, 4.69) is 0 Å². The van der Waals surface area contributed by atoms with Gasteiger partial charge in [0.2, 0.25) is 11.8 Å². The monoisotopic (exact) mass is 440 g/mol. The average molecular weight is 441 g/mol. The number of halogens is 1. The first-order chi connectivity index (χ1) is 14.2. The number of rotatable bonds is 2. The Morgan fingerprint density at radius 2 is 1.83 bits per heavy atom. The molecule has 5 nitrogen and oxygen atoms in total. The molecule has 4 heterocycles. The van der Waals surface area contributed by atoms with Gasteiger partial charge in [-0.05, 0) is 56.0 Å². The molecule has 0 radical (unpaired) electrons. The van der Waals surface area contributed by atoms with E-state index in [9.17, 15) is 14.4 Å². The lowest BCUT2D eigenvalue weighted by Crippen LogP contribution is -2.52. The number of anilines is 1. The first-order valence-electron chi connectivity index (χ1n) is 9.92. The molecular formula is C23H21ClN2O3S. The lowest BCUT2D eigenvalue weighted by atomic mass is 9.87. The van der Waals surface area contributed by atoms with Crippen molar-refractivity contribution < 1.29 is 14.4 Å². The summed E-state index contributed by atoms with van der Waals surface area (Å²) in [5.74, 6) is -1.86. The predicted octanol–water partition coefficient (Wildman–Crippen LogP) is 4.27. The van der Waals surface area contributed by atoms with E-state index in [-0.39, 0.29) is 23.6 Å². The molecule has 0 spiro atoms. The number of nitrogens with zero attached hydrogens (tertiary/aromatic N) is 2. The number of imide groups is 1. The summed E-state index contributed by atoms with van der Waals surface area (Å²) < 4.78 is 0. The van der Waals surface area contributed by atoms with E-state index in [0.29, 0.717) is 9.90 Å². The molecule has 0 bridgehead atoms. The van der Waals surface area contributed by atoms with Crippen LogP contribution in [0.25, 0.3) is 6.08 Å². The predicted molar refractivity (Wildman–Crippen MR) is 118 cm³/mol. The van der Waals surface area contributed by atoms with Crippen LogP contribution in [0.4, 0.5) is 5.69 Å². The third-order valence-electron chi connectivity index (χ3n) is 6.17. The van der Waals surface area contributed by atoms with Gasteiger partial charge in [0.25, 0.3) is 0 Å². The number of amides is 2. The second kappa shape index (κ2) is 6.53. The minimum Gasteiger partial charge on any atom is -0.352 e. The number of carbonyl (C=O) groups excluding carboxylic acids is 3. The van der Waals surface area contributed by atoms with Gasteiger partial charge in [-0.25, -0.2) is 0 Å². The second-order valence-corrected chi connectivity index (χ2v) is 10.4. The van der Waals surface area contributed by atoms with E-state index >= 15 is 0 Å². The Balaban J connectivity index is 1.68. The summed E-state index contributed by atoms with van der Waals surface area (Å²) in [6, 6.07) is 8.03. The van der Waals surface area contributed by atoms with Crippen molar-refractivity contribution in [1.29, 1.82) is 0 Å². The molecule has 4 atom stereocenters. The summed E-state index contributed by atoms with van der Waals surface area (Å²) >= 11 is 7.54. The maximum Gasteiger partial charge on any atom is 0.236 e. The summed E-state index contributed by atoms with van der Waals surface area (Å²) in [6.45, 7) is 5.56. The second-order valence-electron chi connectivity index (χ2n) is 8.98. The zero-order valence-electron chi connectivity index (χ0n) is 16.8. The summed E-state index contributed by atoms with van der Waals surface area (Å²) in [6.07, 6.45) is 3.88. The van der Waals surface area contributed by atoms with Gasteiger partial charge in [0.05, 0.1) is 22.8 Å². The largest absolute Gasteiger partial charge is 0.352 e. The zero-order chi connectivity index (χ0) is 21.4. The molecule has 0 aliphatic carbocycles. The van der Waals surface area contributed by atoms with Crippen LogP contribution in [0.5, 0.6) is 0 Å². The van der Waals surface area contributed by atoms with Crippen molar-refractivity contribution in [3.05, 3.63) is 57.3 Å². The fourth-order valence-electron chi connectivity index (χ4n) is 5.07. The fourth-order valence-corrected chi connectivity index (χ4v) is 5.95. The highest BCUT2D eigenvalue weighted by molar-refractivity contribution is 7.12. The number of benzene rings is 1. The van der Waals surface area contributed by atoms with Gasteiger partial charge in [-0.3, -0.25) is 19.3 Å². The molecule has 0 N–H and O–H groups in total. The number of thiophene rings is 1. The highest BCUT2D eigenvalue weighted by Gasteiger charge is 2.65. The van der Waals surface area contributed by atoms with Crippen LogP contribution >= 0.6 is 22.9 Å². The summed E-state index contributed by atoms with van der Waals surface area (Å²) in [4.78, 5) is 44.5. The average Bonchev–Trinajstić information content (AvgIpc) is 3.37. The first-order valence-corrected chi connectivity index (χ1v) is 11.2. The van der Waals surface area contributed by atoms with E-state index in [1.165, 1.54) is 16.2 Å². The van der Waals surface area contributed by atoms with Gasteiger partial charge in [-0.15, -0.1) is 11.3 Å². The van der Waals surface area contributed by atoms with Crippen LogP contribution in [0.15, 0.2) is 41.8 Å². The Hall–Kier alpha value is -2.44. The van der Waals surface area contributed by atoms with Gasteiger partial charge < -0.3 is 4.90 Å². The highest BCUT2D eigenvalue weighted by atomic mass is 35.5. The number of Topliss-reactive ketones (excluding diaryl/α,β-unsaturated/α-hetero) is 1. The summed E-state index contributed by atoms with van der Waals surface area (Å²) in [5, 5.41) is 2.45. The Kier molecular flexibility index (Phi) is 4.25. The third-order valence-corrected chi connectivity index (χ3v) is 7.29. The Morgan fingerprint density at radius 3 is 2.50 bits per heavy atom. The van der Waals surface area contributed by atoms with Crippen molar-refractivity contribution in [1.82, 2.24) is 4.90 Å². The van der Waals surface area contributed by atoms with Gasteiger partial charge in [0.15, 0.2) is 5.78 Å². The fraction of sp³-hybridized carbons (Fsp3) is 0.348. The van der Waals surface area contributed by atoms with Crippen molar-refractivity contribution in [2.45, 2.75) is 38.4 Å². The van der Waals surface area contributed by atoms with Crippen LogP contribution < -0.4 is 4.90 Å². The molecular weight excluding hydrogens is 420 g/mol. The maximum absolute atomic E-state index is 13.6. The van der Waals surface area contributed by atoms with Crippen LogP contribution in [-0.2, 0) is 9.59 Å². The molecule has 3 aliphatic heterocycles. The molecule has 1 aromatic heterocycles. The lowest BCUT2D eigenvalue weighted by molar-refractivity contribution is -0.145. The van der Waals surface area contributed by atoms with Crippen molar-refractivity contribution in [3.63, 3.8) is 0 Å². The van der Waals surface area contributed by atoms with E-state index < -0.39 is 23.4 Å². The quantitative estimate of drug-likeness (QED) is 0.517. The number of ketones is 1. The molecule has 0 unspecified atom stereocenters. The molecule has 3 aliphatic rings. The topological polar surface area (TPSA) is 57.7 Å². The van der Waals surface area contributed by atoms with E-state index in [4.69, 9.17) is 11.6 Å².